The first kappa shape index (κ1) is 19.0. The van der Waals surface area contributed by atoms with E-state index < -0.39 is 0 Å². The van der Waals surface area contributed by atoms with Gasteiger partial charge in [0.15, 0.2) is 0 Å². The van der Waals surface area contributed by atoms with Crippen LogP contribution in [0.15, 0.2) is 0 Å². The minimum absolute atomic E-state index is 0. The molecular formula is C13H27Cl2N3O. The summed E-state index contributed by atoms with van der Waals surface area (Å²) in [5.41, 5.74) is 0. The molecule has 1 amide bonds. The van der Waals surface area contributed by atoms with Crippen LogP contribution in [0.5, 0.6) is 0 Å². The Morgan fingerprint density at radius 1 is 1.26 bits per heavy atom. The van der Waals surface area contributed by atoms with Gasteiger partial charge in [-0.2, -0.15) is 0 Å². The summed E-state index contributed by atoms with van der Waals surface area (Å²) in [5.74, 6) is 0.819. The fourth-order valence-corrected chi connectivity index (χ4v) is 2.83. The van der Waals surface area contributed by atoms with Gasteiger partial charge in [-0.3, -0.25) is 4.79 Å². The number of nitrogens with zero attached hydrogens (tertiary/aromatic N) is 1. The van der Waals surface area contributed by atoms with Gasteiger partial charge in [-0.1, -0.05) is 6.92 Å². The fourth-order valence-electron chi connectivity index (χ4n) is 2.83. The largest absolute Gasteiger partial charge is 0.353 e. The summed E-state index contributed by atoms with van der Waals surface area (Å²) in [6.07, 6.45) is 4.09. The van der Waals surface area contributed by atoms with Gasteiger partial charge in [-0.05, 0) is 44.8 Å². The molecule has 6 heteroatoms. The number of likely N-dealkylation sites (tertiary alicyclic amines) is 1. The Bertz CT molecular complexity index is 252. The third-order valence-electron chi connectivity index (χ3n) is 4.04. The normalized spacial score (nSPS) is 24.4. The Labute approximate surface area is 128 Å². The van der Waals surface area contributed by atoms with Crippen LogP contribution in [0, 0.1) is 5.92 Å². The molecule has 19 heavy (non-hydrogen) atoms. The highest BCUT2D eigenvalue weighted by molar-refractivity contribution is 5.85. The van der Waals surface area contributed by atoms with Gasteiger partial charge < -0.3 is 15.5 Å². The Morgan fingerprint density at radius 3 is 2.47 bits per heavy atom. The molecule has 114 valence electrons. The Balaban J connectivity index is 0.00000162. The standard InChI is InChI=1S/C13H25N3O.2ClH/c1-2-16-7-4-12(5-8-16)15-13(17)9-11-3-6-14-10-11;;/h11-12,14H,2-10H2,1H3,(H,15,17);2*1H. The van der Waals surface area contributed by atoms with Crippen LogP contribution >= 0.6 is 24.8 Å². The first-order valence-corrected chi connectivity index (χ1v) is 7.00. The molecule has 2 N–H and O–H groups in total. The van der Waals surface area contributed by atoms with E-state index in [0.717, 1.165) is 52.0 Å². The van der Waals surface area contributed by atoms with Crippen LogP contribution in [-0.2, 0) is 4.79 Å². The first-order chi connectivity index (χ1) is 8.28. The average molecular weight is 312 g/mol. The molecule has 1 atom stereocenters. The third-order valence-corrected chi connectivity index (χ3v) is 4.04. The van der Waals surface area contributed by atoms with E-state index in [1.54, 1.807) is 0 Å². The maximum absolute atomic E-state index is 11.9. The van der Waals surface area contributed by atoms with Gasteiger partial charge >= 0.3 is 0 Å². The Hall–Kier alpha value is -0.0300. The molecule has 2 rings (SSSR count). The van der Waals surface area contributed by atoms with Crippen LogP contribution in [0.2, 0.25) is 0 Å². The smallest absolute Gasteiger partial charge is 0.220 e. The highest BCUT2D eigenvalue weighted by Gasteiger charge is 2.22. The first-order valence-electron chi connectivity index (χ1n) is 7.00. The number of carbonyl (C=O) groups excluding carboxylic acids is 1. The van der Waals surface area contributed by atoms with Crippen molar-refractivity contribution in [3.8, 4) is 0 Å². The molecule has 2 aliphatic heterocycles. The molecule has 0 bridgehead atoms. The second kappa shape index (κ2) is 9.81. The highest BCUT2D eigenvalue weighted by atomic mass is 35.5. The predicted molar refractivity (Wildman–Crippen MR) is 83.4 cm³/mol. The van der Waals surface area contributed by atoms with Gasteiger partial charge in [0, 0.05) is 25.6 Å². The quantitative estimate of drug-likeness (QED) is 0.825. The molecule has 0 aromatic carbocycles. The minimum atomic E-state index is 0. The van der Waals surface area contributed by atoms with Gasteiger partial charge in [0.25, 0.3) is 0 Å². The molecule has 2 aliphatic rings. The second-order valence-electron chi connectivity index (χ2n) is 5.34. The number of hydrogen-bond acceptors (Lipinski definition) is 3. The SMILES string of the molecule is CCN1CCC(NC(=O)CC2CCNC2)CC1.Cl.Cl. The van der Waals surface area contributed by atoms with Crippen molar-refractivity contribution < 1.29 is 4.79 Å². The highest BCUT2D eigenvalue weighted by Crippen LogP contribution is 2.14. The van der Waals surface area contributed by atoms with E-state index >= 15 is 0 Å². The van der Waals surface area contributed by atoms with E-state index in [-0.39, 0.29) is 30.7 Å². The summed E-state index contributed by atoms with van der Waals surface area (Å²) in [7, 11) is 0. The lowest BCUT2D eigenvalue weighted by Crippen LogP contribution is -2.44. The zero-order chi connectivity index (χ0) is 12.1. The molecule has 0 radical (unpaired) electrons. The number of hydrogen-bond donors (Lipinski definition) is 2. The van der Waals surface area contributed by atoms with E-state index in [1.807, 2.05) is 0 Å². The topological polar surface area (TPSA) is 44.4 Å². The van der Waals surface area contributed by atoms with E-state index in [4.69, 9.17) is 0 Å². The maximum atomic E-state index is 11.9. The summed E-state index contributed by atoms with van der Waals surface area (Å²) < 4.78 is 0. The molecule has 2 saturated heterocycles. The average Bonchev–Trinajstić information content (AvgIpc) is 2.82. The van der Waals surface area contributed by atoms with Crippen LogP contribution in [-0.4, -0.2) is 49.6 Å². The van der Waals surface area contributed by atoms with Crippen LogP contribution in [0.4, 0.5) is 0 Å². The van der Waals surface area contributed by atoms with Crippen molar-refractivity contribution in [3.63, 3.8) is 0 Å². The molecule has 1 unspecified atom stereocenters. The van der Waals surface area contributed by atoms with Crippen LogP contribution < -0.4 is 10.6 Å². The van der Waals surface area contributed by atoms with Crippen LogP contribution in [0.25, 0.3) is 0 Å². The van der Waals surface area contributed by atoms with Crippen molar-refractivity contribution in [2.24, 2.45) is 5.92 Å². The number of halogens is 2. The summed E-state index contributed by atoms with van der Waals surface area (Å²) in [4.78, 5) is 14.3. The molecule has 0 spiro atoms. The van der Waals surface area contributed by atoms with Crippen molar-refractivity contribution in [3.05, 3.63) is 0 Å². The molecule has 0 aliphatic carbocycles. The predicted octanol–water partition coefficient (Wildman–Crippen LogP) is 1.43. The number of carbonyl (C=O) groups is 1. The Kier molecular flexibility index (Phi) is 9.79. The number of piperidine rings is 1. The molecule has 2 fully saturated rings. The summed E-state index contributed by atoms with van der Waals surface area (Å²) >= 11 is 0. The summed E-state index contributed by atoms with van der Waals surface area (Å²) in [6.45, 7) is 7.69. The van der Waals surface area contributed by atoms with Crippen molar-refractivity contribution in [2.75, 3.05) is 32.7 Å². The molecule has 0 aromatic rings. The lowest BCUT2D eigenvalue weighted by Gasteiger charge is -2.31. The van der Waals surface area contributed by atoms with Crippen molar-refractivity contribution >= 4 is 30.7 Å². The fraction of sp³-hybridized carbons (Fsp3) is 0.923. The monoisotopic (exact) mass is 311 g/mol. The zero-order valence-corrected chi connectivity index (χ0v) is 13.3. The van der Waals surface area contributed by atoms with Crippen molar-refractivity contribution in [1.82, 2.24) is 15.5 Å². The lowest BCUT2D eigenvalue weighted by molar-refractivity contribution is -0.122. The van der Waals surface area contributed by atoms with Gasteiger partial charge in [-0.15, -0.1) is 24.8 Å². The summed E-state index contributed by atoms with van der Waals surface area (Å²) in [6, 6.07) is 0.416. The third kappa shape index (κ3) is 6.30. The number of nitrogens with one attached hydrogen (secondary N) is 2. The van der Waals surface area contributed by atoms with Crippen LogP contribution in [0.3, 0.4) is 0 Å². The molecular weight excluding hydrogens is 285 g/mol. The van der Waals surface area contributed by atoms with Crippen molar-refractivity contribution in [2.45, 2.75) is 38.6 Å². The van der Waals surface area contributed by atoms with Crippen molar-refractivity contribution in [1.29, 1.82) is 0 Å². The zero-order valence-electron chi connectivity index (χ0n) is 11.7. The van der Waals surface area contributed by atoms with E-state index in [1.165, 1.54) is 0 Å². The van der Waals surface area contributed by atoms with E-state index in [0.29, 0.717) is 18.4 Å². The molecule has 2 heterocycles. The van der Waals surface area contributed by atoms with Gasteiger partial charge in [-0.25, -0.2) is 0 Å². The second-order valence-corrected chi connectivity index (χ2v) is 5.34. The lowest BCUT2D eigenvalue weighted by atomic mass is 10.0. The van der Waals surface area contributed by atoms with Crippen LogP contribution in [0.1, 0.15) is 32.6 Å². The van der Waals surface area contributed by atoms with Gasteiger partial charge in [0.05, 0.1) is 0 Å². The minimum Gasteiger partial charge on any atom is -0.353 e. The molecule has 4 nitrogen and oxygen atoms in total. The van der Waals surface area contributed by atoms with Gasteiger partial charge in [0.1, 0.15) is 0 Å². The maximum Gasteiger partial charge on any atom is 0.220 e. The number of rotatable bonds is 4. The van der Waals surface area contributed by atoms with E-state index in [2.05, 4.69) is 22.5 Å². The molecule has 0 aromatic heterocycles. The number of amides is 1. The van der Waals surface area contributed by atoms with Gasteiger partial charge in [0.2, 0.25) is 5.91 Å². The molecule has 0 saturated carbocycles. The van der Waals surface area contributed by atoms with E-state index in [9.17, 15) is 4.79 Å². The summed E-state index contributed by atoms with van der Waals surface area (Å²) in [5, 5.41) is 6.51. The Morgan fingerprint density at radius 2 is 1.95 bits per heavy atom.